The van der Waals surface area contributed by atoms with Crippen molar-refractivity contribution >= 4 is 5.97 Å². The van der Waals surface area contributed by atoms with Crippen LogP contribution in [0.2, 0.25) is 0 Å². The first-order valence-corrected chi connectivity index (χ1v) is 6.67. The smallest absolute Gasteiger partial charge is 0.335 e. The van der Waals surface area contributed by atoms with E-state index in [9.17, 15) is 15.0 Å². The molecule has 0 saturated carbocycles. The van der Waals surface area contributed by atoms with E-state index in [1.54, 1.807) is 6.07 Å². The molecule has 0 unspecified atom stereocenters. The Morgan fingerprint density at radius 1 is 1.35 bits per heavy atom. The van der Waals surface area contributed by atoms with E-state index in [1.807, 2.05) is 13.8 Å². The minimum Gasteiger partial charge on any atom is -0.508 e. The predicted octanol–water partition coefficient (Wildman–Crippen LogP) is 2.26. The number of hydrogen-bond acceptors (Lipinski definition) is 4. The van der Waals surface area contributed by atoms with Crippen LogP contribution >= 0.6 is 0 Å². The molecule has 5 heteroatoms. The number of benzene rings is 1. The van der Waals surface area contributed by atoms with Crippen molar-refractivity contribution in [3.63, 3.8) is 0 Å². The first kappa shape index (κ1) is 14.8. The van der Waals surface area contributed by atoms with E-state index < -0.39 is 17.2 Å². The van der Waals surface area contributed by atoms with Gasteiger partial charge in [0, 0.05) is 5.56 Å². The molecule has 0 radical (unpaired) electrons. The lowest BCUT2D eigenvalue weighted by Gasteiger charge is -2.44. The number of aliphatic hydroxyl groups excluding tert-OH is 1. The number of carboxylic acids is 1. The molecule has 0 spiro atoms. The zero-order chi connectivity index (χ0) is 15.0. The van der Waals surface area contributed by atoms with Crippen LogP contribution in [0.5, 0.6) is 5.75 Å². The molecule has 1 aliphatic rings. The number of carbonyl (C=O) groups is 1. The molecule has 0 bridgehead atoms. The summed E-state index contributed by atoms with van der Waals surface area (Å²) in [6.07, 6.45) is 2.34. The molecule has 1 aromatic rings. The number of phenols is 1. The summed E-state index contributed by atoms with van der Waals surface area (Å²) in [6.45, 7) is 3.61. The molecule has 2 rings (SSSR count). The van der Waals surface area contributed by atoms with Gasteiger partial charge in [0.2, 0.25) is 0 Å². The van der Waals surface area contributed by atoms with Gasteiger partial charge in [0.25, 0.3) is 0 Å². The zero-order valence-corrected chi connectivity index (χ0v) is 11.7. The van der Waals surface area contributed by atoms with E-state index in [-0.39, 0.29) is 17.9 Å². The molecule has 110 valence electrons. The summed E-state index contributed by atoms with van der Waals surface area (Å²) >= 11 is 0. The minimum atomic E-state index is -1.08. The molecule has 3 N–H and O–H groups in total. The third kappa shape index (κ3) is 2.64. The molecule has 0 amide bonds. The molecule has 1 heterocycles. The number of hydrogen-bond donors (Lipinski definition) is 3. The van der Waals surface area contributed by atoms with Crippen LogP contribution in [-0.2, 0) is 10.3 Å². The molecule has 2 atom stereocenters. The molecule has 1 saturated heterocycles. The van der Waals surface area contributed by atoms with E-state index in [0.717, 1.165) is 12.8 Å². The maximum atomic E-state index is 10.9. The summed E-state index contributed by atoms with van der Waals surface area (Å²) in [4.78, 5) is 10.9. The lowest BCUT2D eigenvalue weighted by Crippen LogP contribution is -2.45. The van der Waals surface area contributed by atoms with Crippen LogP contribution < -0.4 is 0 Å². The second-order valence-corrected chi connectivity index (χ2v) is 5.83. The maximum Gasteiger partial charge on any atom is 0.335 e. The van der Waals surface area contributed by atoms with Crippen LogP contribution in [0.4, 0.5) is 0 Å². The van der Waals surface area contributed by atoms with Crippen molar-refractivity contribution in [2.45, 2.75) is 44.3 Å². The molecule has 0 aromatic heterocycles. The molecule has 5 nitrogen and oxygen atoms in total. The fourth-order valence-electron chi connectivity index (χ4n) is 2.86. The van der Waals surface area contributed by atoms with Crippen molar-refractivity contribution in [2.24, 2.45) is 0 Å². The van der Waals surface area contributed by atoms with Crippen molar-refractivity contribution in [2.75, 3.05) is 6.61 Å². The highest BCUT2D eigenvalue weighted by Gasteiger charge is 2.42. The quantitative estimate of drug-likeness (QED) is 0.790. The average molecular weight is 280 g/mol. The average Bonchev–Trinajstić information content (AvgIpc) is 2.38. The third-order valence-corrected chi connectivity index (χ3v) is 3.98. The van der Waals surface area contributed by atoms with Crippen LogP contribution in [0.1, 0.15) is 49.0 Å². The third-order valence-electron chi connectivity index (χ3n) is 3.98. The SMILES string of the molecule is C[C@@]1(CO)CCC[C@](C)(c2ccc(C(=O)O)cc2O)O1. The monoisotopic (exact) mass is 280 g/mol. The Morgan fingerprint density at radius 3 is 2.60 bits per heavy atom. The summed E-state index contributed by atoms with van der Waals surface area (Å²) in [7, 11) is 0. The van der Waals surface area contributed by atoms with E-state index in [1.165, 1.54) is 12.1 Å². The summed E-state index contributed by atoms with van der Waals surface area (Å²) in [5.74, 6) is -1.17. The molecule has 1 aromatic carbocycles. The molecular weight excluding hydrogens is 260 g/mol. The number of phenolic OH excluding ortho intramolecular Hbond substituents is 1. The lowest BCUT2D eigenvalue weighted by molar-refractivity contribution is -0.195. The zero-order valence-electron chi connectivity index (χ0n) is 11.7. The molecule has 1 aliphatic heterocycles. The van der Waals surface area contributed by atoms with Gasteiger partial charge in [0.05, 0.1) is 23.4 Å². The Bertz CT molecular complexity index is 527. The van der Waals surface area contributed by atoms with Gasteiger partial charge in [-0.25, -0.2) is 4.79 Å². The first-order chi connectivity index (χ1) is 9.30. The Kier molecular flexibility index (Phi) is 3.75. The van der Waals surface area contributed by atoms with Crippen LogP contribution in [0, 0.1) is 0 Å². The number of rotatable bonds is 3. The van der Waals surface area contributed by atoms with Gasteiger partial charge in [-0.2, -0.15) is 0 Å². The second-order valence-electron chi connectivity index (χ2n) is 5.83. The van der Waals surface area contributed by atoms with Gasteiger partial charge in [-0.3, -0.25) is 0 Å². The highest BCUT2D eigenvalue weighted by atomic mass is 16.5. The van der Waals surface area contributed by atoms with Crippen molar-refractivity contribution in [3.05, 3.63) is 29.3 Å². The number of ether oxygens (including phenoxy) is 1. The van der Waals surface area contributed by atoms with Crippen molar-refractivity contribution in [3.8, 4) is 5.75 Å². The van der Waals surface area contributed by atoms with Crippen LogP contribution in [0.25, 0.3) is 0 Å². The van der Waals surface area contributed by atoms with Gasteiger partial charge in [-0.05, 0) is 45.2 Å². The van der Waals surface area contributed by atoms with Gasteiger partial charge < -0.3 is 20.1 Å². The minimum absolute atomic E-state index is 0.0376. The van der Waals surface area contributed by atoms with Crippen molar-refractivity contribution in [1.82, 2.24) is 0 Å². The number of aromatic carboxylic acids is 1. The Hall–Kier alpha value is -1.59. The summed E-state index contributed by atoms with van der Waals surface area (Å²) in [5, 5.41) is 28.5. The molecule has 20 heavy (non-hydrogen) atoms. The maximum absolute atomic E-state index is 10.9. The summed E-state index contributed by atoms with van der Waals surface area (Å²) < 4.78 is 6.02. The first-order valence-electron chi connectivity index (χ1n) is 6.67. The topological polar surface area (TPSA) is 87.0 Å². The summed E-state index contributed by atoms with van der Waals surface area (Å²) in [5.41, 5.74) is -0.765. The van der Waals surface area contributed by atoms with Gasteiger partial charge >= 0.3 is 5.97 Å². The molecular formula is C15H20O5. The second kappa shape index (κ2) is 5.07. The van der Waals surface area contributed by atoms with Gasteiger partial charge in [0.15, 0.2) is 0 Å². The summed E-state index contributed by atoms with van der Waals surface area (Å²) in [6, 6.07) is 4.27. The fraction of sp³-hybridized carbons (Fsp3) is 0.533. The Labute approximate surface area is 117 Å². The van der Waals surface area contributed by atoms with Gasteiger partial charge in [-0.15, -0.1) is 0 Å². The Morgan fingerprint density at radius 2 is 2.05 bits per heavy atom. The van der Waals surface area contributed by atoms with Crippen molar-refractivity contribution < 1.29 is 24.9 Å². The Balaban J connectivity index is 2.37. The van der Waals surface area contributed by atoms with Crippen LogP contribution in [0.3, 0.4) is 0 Å². The van der Waals surface area contributed by atoms with Gasteiger partial charge in [0.1, 0.15) is 5.75 Å². The largest absolute Gasteiger partial charge is 0.508 e. The van der Waals surface area contributed by atoms with E-state index in [4.69, 9.17) is 9.84 Å². The number of carboxylic acid groups (broad SMARTS) is 1. The number of aromatic hydroxyl groups is 1. The highest BCUT2D eigenvalue weighted by molar-refractivity contribution is 5.88. The van der Waals surface area contributed by atoms with Gasteiger partial charge in [-0.1, -0.05) is 6.07 Å². The molecule has 0 aliphatic carbocycles. The standard InChI is InChI=1S/C15H20O5/c1-14(9-16)6-3-7-15(2,20-14)11-5-4-10(13(18)19)8-12(11)17/h4-5,8,16-17H,3,6-7,9H2,1-2H3,(H,18,19)/t14-,15+/m0/s1. The number of aliphatic hydroxyl groups is 1. The van der Waals surface area contributed by atoms with Crippen LogP contribution in [0.15, 0.2) is 18.2 Å². The van der Waals surface area contributed by atoms with E-state index in [2.05, 4.69) is 0 Å². The normalized spacial score (nSPS) is 30.1. The fourth-order valence-corrected chi connectivity index (χ4v) is 2.86. The highest BCUT2D eigenvalue weighted by Crippen LogP contribution is 2.44. The van der Waals surface area contributed by atoms with Crippen molar-refractivity contribution in [1.29, 1.82) is 0 Å². The molecule has 1 fully saturated rings. The van der Waals surface area contributed by atoms with E-state index in [0.29, 0.717) is 12.0 Å². The predicted molar refractivity (Wildman–Crippen MR) is 72.8 cm³/mol. The van der Waals surface area contributed by atoms with Crippen LogP contribution in [-0.4, -0.2) is 33.5 Å². The van der Waals surface area contributed by atoms with E-state index >= 15 is 0 Å². The lowest BCUT2D eigenvalue weighted by atomic mass is 9.82.